The summed E-state index contributed by atoms with van der Waals surface area (Å²) in [6.07, 6.45) is -6.61. The number of fused-ring (bicyclic) bond motifs is 1. The molecular weight excluding hydrogens is 452 g/mol. The number of phenols is 2. The van der Waals surface area contributed by atoms with Crippen LogP contribution in [0.2, 0.25) is 0 Å². The first-order valence-corrected chi connectivity index (χ1v) is 10.3. The molecule has 1 aromatic heterocycles. The van der Waals surface area contributed by atoms with Gasteiger partial charge >= 0.3 is 0 Å². The largest absolute Gasteiger partial charge is 0.507 e. The molecule has 34 heavy (non-hydrogen) atoms. The van der Waals surface area contributed by atoms with E-state index in [9.17, 15) is 30.3 Å². The van der Waals surface area contributed by atoms with Crippen molar-refractivity contribution >= 4 is 11.0 Å². The van der Waals surface area contributed by atoms with E-state index in [0.717, 1.165) is 6.07 Å². The summed E-state index contributed by atoms with van der Waals surface area (Å²) < 4.78 is 27.1. The highest BCUT2D eigenvalue weighted by atomic mass is 16.7. The van der Waals surface area contributed by atoms with Gasteiger partial charge in [0, 0.05) is 17.7 Å². The second-order valence-corrected chi connectivity index (χ2v) is 7.79. The van der Waals surface area contributed by atoms with Crippen LogP contribution in [0.1, 0.15) is 6.92 Å². The zero-order valence-corrected chi connectivity index (χ0v) is 18.5. The molecule has 182 valence electrons. The number of benzene rings is 2. The predicted molar refractivity (Wildman–Crippen MR) is 117 cm³/mol. The first kappa shape index (κ1) is 23.6. The van der Waals surface area contributed by atoms with Gasteiger partial charge in [0.2, 0.25) is 17.5 Å². The van der Waals surface area contributed by atoms with E-state index >= 15 is 0 Å². The zero-order valence-electron chi connectivity index (χ0n) is 18.5. The molecule has 1 aliphatic heterocycles. The molecule has 5 N–H and O–H groups in total. The standard InChI is InChI=1S/C23H24O11/c1-9-17(26)19(28)20(29)23(32-9)33-11-7-13(25)16-15(8-11)34-21(22(31-3)18(16)27)10-4-5-14(30-2)12(24)6-10/h4-9,17,19-20,23-26,28-29H,1-3H3/t9?,17-,19?,20-,23-/m0/s1. The number of aromatic hydroxyl groups is 2. The van der Waals surface area contributed by atoms with Crippen LogP contribution in [0.3, 0.4) is 0 Å². The maximum Gasteiger partial charge on any atom is 0.239 e. The Morgan fingerprint density at radius 2 is 1.65 bits per heavy atom. The quantitative estimate of drug-likeness (QED) is 0.357. The van der Waals surface area contributed by atoms with E-state index in [4.69, 9.17) is 23.4 Å². The van der Waals surface area contributed by atoms with Gasteiger partial charge in [-0.3, -0.25) is 4.79 Å². The zero-order chi connectivity index (χ0) is 24.7. The third-order valence-electron chi connectivity index (χ3n) is 5.61. The van der Waals surface area contributed by atoms with Gasteiger partial charge in [-0.05, 0) is 25.1 Å². The first-order valence-electron chi connectivity index (χ1n) is 10.3. The van der Waals surface area contributed by atoms with Gasteiger partial charge in [-0.15, -0.1) is 0 Å². The van der Waals surface area contributed by atoms with E-state index < -0.39 is 41.9 Å². The molecular formula is C23H24O11. The summed E-state index contributed by atoms with van der Waals surface area (Å²) in [5, 5.41) is 50.5. The third kappa shape index (κ3) is 3.99. The lowest BCUT2D eigenvalue weighted by atomic mass is 10.00. The Hall–Kier alpha value is -3.51. The number of aliphatic hydroxyl groups excluding tert-OH is 3. The Balaban J connectivity index is 1.80. The SMILES string of the molecule is COc1ccc(-c2oc3cc(O[C@@H]4OC(C)[C@H](O)C(O)[C@@H]4O)cc(O)c3c(=O)c2OC)cc1O. The van der Waals surface area contributed by atoms with Crippen LogP contribution in [-0.4, -0.2) is 70.5 Å². The summed E-state index contributed by atoms with van der Waals surface area (Å²) >= 11 is 0. The number of hydrogen-bond donors (Lipinski definition) is 5. The Bertz CT molecular complexity index is 1270. The highest BCUT2D eigenvalue weighted by Crippen LogP contribution is 2.39. The van der Waals surface area contributed by atoms with Gasteiger partial charge in [0.15, 0.2) is 17.3 Å². The van der Waals surface area contributed by atoms with Crippen molar-refractivity contribution in [3.63, 3.8) is 0 Å². The maximum atomic E-state index is 13.1. The first-order chi connectivity index (χ1) is 16.2. The smallest absolute Gasteiger partial charge is 0.239 e. The van der Waals surface area contributed by atoms with Gasteiger partial charge in [0.05, 0.1) is 20.3 Å². The minimum atomic E-state index is -1.58. The summed E-state index contributed by atoms with van der Waals surface area (Å²) in [6.45, 7) is 1.50. The summed E-state index contributed by atoms with van der Waals surface area (Å²) in [6, 6.07) is 6.77. The van der Waals surface area contributed by atoms with E-state index in [-0.39, 0.29) is 39.7 Å². The average molecular weight is 476 g/mol. The third-order valence-corrected chi connectivity index (χ3v) is 5.61. The topological polar surface area (TPSA) is 168 Å². The van der Waals surface area contributed by atoms with Crippen molar-refractivity contribution in [2.24, 2.45) is 0 Å². The predicted octanol–water partition coefficient (Wildman–Crippen LogP) is 1.09. The van der Waals surface area contributed by atoms with Crippen LogP contribution >= 0.6 is 0 Å². The van der Waals surface area contributed by atoms with Gasteiger partial charge in [-0.25, -0.2) is 0 Å². The van der Waals surface area contributed by atoms with Crippen molar-refractivity contribution in [2.75, 3.05) is 14.2 Å². The van der Waals surface area contributed by atoms with Crippen molar-refractivity contribution in [3.8, 4) is 40.1 Å². The number of aliphatic hydroxyl groups is 3. The van der Waals surface area contributed by atoms with E-state index in [0.29, 0.717) is 5.56 Å². The fraction of sp³-hybridized carbons (Fsp3) is 0.348. The van der Waals surface area contributed by atoms with Crippen LogP contribution in [0.25, 0.3) is 22.3 Å². The van der Waals surface area contributed by atoms with Gasteiger partial charge in [0.1, 0.15) is 40.8 Å². The van der Waals surface area contributed by atoms with Gasteiger partial charge in [-0.1, -0.05) is 0 Å². The van der Waals surface area contributed by atoms with Crippen molar-refractivity contribution in [2.45, 2.75) is 37.6 Å². The second-order valence-electron chi connectivity index (χ2n) is 7.79. The van der Waals surface area contributed by atoms with E-state index in [1.165, 1.54) is 39.3 Å². The lowest BCUT2D eigenvalue weighted by Crippen LogP contribution is -2.58. The summed E-state index contributed by atoms with van der Waals surface area (Å²) in [7, 11) is 2.66. The molecule has 3 aromatic rings. The molecule has 0 radical (unpaired) electrons. The monoisotopic (exact) mass is 476 g/mol. The van der Waals surface area contributed by atoms with E-state index in [1.807, 2.05) is 0 Å². The Kier molecular flexibility index (Phi) is 6.28. The molecule has 2 unspecified atom stereocenters. The molecule has 1 aliphatic rings. The van der Waals surface area contributed by atoms with Crippen molar-refractivity contribution < 1.29 is 48.9 Å². The van der Waals surface area contributed by atoms with Crippen LogP contribution in [0.4, 0.5) is 0 Å². The molecule has 1 saturated heterocycles. The molecule has 0 spiro atoms. The fourth-order valence-electron chi connectivity index (χ4n) is 3.78. The average Bonchev–Trinajstić information content (AvgIpc) is 2.80. The number of hydrogen-bond acceptors (Lipinski definition) is 11. The van der Waals surface area contributed by atoms with Crippen LogP contribution < -0.4 is 19.6 Å². The molecule has 0 bridgehead atoms. The molecule has 11 heteroatoms. The van der Waals surface area contributed by atoms with E-state index in [1.54, 1.807) is 6.07 Å². The Morgan fingerprint density at radius 1 is 0.912 bits per heavy atom. The molecule has 0 amide bonds. The summed E-state index contributed by atoms with van der Waals surface area (Å²) in [4.78, 5) is 13.1. The number of rotatable bonds is 5. The van der Waals surface area contributed by atoms with Crippen molar-refractivity contribution in [1.82, 2.24) is 0 Å². The number of phenolic OH excluding ortho intramolecular Hbond substituents is 2. The Morgan fingerprint density at radius 3 is 2.29 bits per heavy atom. The molecule has 1 fully saturated rings. The van der Waals surface area contributed by atoms with Gasteiger partial charge in [-0.2, -0.15) is 0 Å². The van der Waals surface area contributed by atoms with Gasteiger partial charge < -0.3 is 48.9 Å². The lowest BCUT2D eigenvalue weighted by molar-refractivity contribution is -0.268. The highest BCUT2D eigenvalue weighted by Gasteiger charge is 2.43. The lowest BCUT2D eigenvalue weighted by Gasteiger charge is -2.38. The molecule has 2 heterocycles. The van der Waals surface area contributed by atoms with Crippen LogP contribution in [0, 0.1) is 0 Å². The minimum Gasteiger partial charge on any atom is -0.507 e. The Labute approximate surface area is 192 Å². The van der Waals surface area contributed by atoms with Crippen LogP contribution in [0.15, 0.2) is 39.5 Å². The second kappa shape index (κ2) is 9.03. The highest BCUT2D eigenvalue weighted by molar-refractivity contribution is 5.88. The number of methoxy groups -OCH3 is 2. The molecule has 2 aromatic carbocycles. The van der Waals surface area contributed by atoms with Crippen LogP contribution in [-0.2, 0) is 4.74 Å². The maximum absolute atomic E-state index is 13.1. The molecule has 0 aliphatic carbocycles. The van der Waals surface area contributed by atoms with Gasteiger partial charge in [0.25, 0.3) is 0 Å². The molecule has 0 saturated carbocycles. The number of ether oxygens (including phenoxy) is 4. The fourth-order valence-corrected chi connectivity index (χ4v) is 3.78. The normalized spacial score (nSPS) is 24.7. The molecule has 11 nitrogen and oxygen atoms in total. The molecule has 5 atom stereocenters. The molecule has 4 rings (SSSR count). The minimum absolute atomic E-state index is 0.0179. The summed E-state index contributed by atoms with van der Waals surface area (Å²) in [5.74, 6) is -0.715. The van der Waals surface area contributed by atoms with Crippen molar-refractivity contribution in [1.29, 1.82) is 0 Å². The van der Waals surface area contributed by atoms with Crippen LogP contribution in [0.5, 0.6) is 28.7 Å². The van der Waals surface area contributed by atoms with E-state index in [2.05, 4.69) is 0 Å². The summed E-state index contributed by atoms with van der Waals surface area (Å²) in [5.41, 5.74) is -0.443. The van der Waals surface area contributed by atoms with Crippen molar-refractivity contribution in [3.05, 3.63) is 40.6 Å².